The minimum Gasteiger partial charge on any atom is -0.352 e. The molecule has 0 fully saturated rings. The minimum atomic E-state index is 0.596. The van der Waals surface area contributed by atoms with Crippen molar-refractivity contribution in [2.45, 2.75) is 45.4 Å². The number of tetrazole rings is 1. The molecule has 0 saturated heterocycles. The quantitative estimate of drug-likeness (QED) is 0.625. The van der Waals surface area contributed by atoms with Gasteiger partial charge in [0, 0.05) is 6.54 Å². The molecule has 0 aliphatic rings. The van der Waals surface area contributed by atoms with Crippen molar-refractivity contribution >= 4 is 5.95 Å². The second kappa shape index (κ2) is 7.29. The molecule has 0 unspecified atom stereocenters. The molecule has 0 spiro atoms. The van der Waals surface area contributed by atoms with Crippen molar-refractivity contribution in [2.24, 2.45) is 0 Å². The van der Waals surface area contributed by atoms with Gasteiger partial charge in [-0.2, -0.15) is 5.21 Å². The van der Waals surface area contributed by atoms with Gasteiger partial charge >= 0.3 is 0 Å². The zero-order valence-corrected chi connectivity index (χ0v) is 8.79. The summed E-state index contributed by atoms with van der Waals surface area (Å²) in [4.78, 5) is 0. The molecule has 0 saturated carbocycles. The second-order valence-corrected chi connectivity index (χ2v) is 3.43. The van der Waals surface area contributed by atoms with Crippen molar-refractivity contribution in [1.29, 1.82) is 0 Å². The Bertz CT molecular complexity index is 209. The first-order valence-corrected chi connectivity index (χ1v) is 5.41. The SMILES string of the molecule is CCCCCCCCNc1nn[nH]n1. The molecule has 1 heterocycles. The molecule has 0 aliphatic carbocycles. The first-order valence-electron chi connectivity index (χ1n) is 5.41. The third-order valence-electron chi connectivity index (χ3n) is 2.16. The summed E-state index contributed by atoms with van der Waals surface area (Å²) < 4.78 is 0. The molecular formula is C9H19N5. The number of hydrogen-bond donors (Lipinski definition) is 2. The number of hydrogen-bond acceptors (Lipinski definition) is 4. The summed E-state index contributed by atoms with van der Waals surface area (Å²) in [5.41, 5.74) is 0. The molecule has 0 amide bonds. The summed E-state index contributed by atoms with van der Waals surface area (Å²) in [6.45, 7) is 3.17. The maximum atomic E-state index is 3.81. The Balaban J connectivity index is 1.85. The number of rotatable bonds is 8. The molecule has 5 heteroatoms. The standard InChI is InChI=1S/C9H19N5/c1-2-3-4-5-6-7-8-10-9-11-13-14-12-9/h2-8H2,1H3,(H2,10,11,12,13,14). The Labute approximate surface area is 84.7 Å². The lowest BCUT2D eigenvalue weighted by Crippen LogP contribution is -2.02. The van der Waals surface area contributed by atoms with Crippen molar-refractivity contribution in [3.05, 3.63) is 0 Å². The number of aromatic amines is 1. The van der Waals surface area contributed by atoms with Crippen molar-refractivity contribution in [3.8, 4) is 0 Å². The van der Waals surface area contributed by atoms with E-state index in [0.717, 1.165) is 6.54 Å². The first kappa shape index (κ1) is 10.9. The second-order valence-electron chi connectivity index (χ2n) is 3.43. The molecule has 0 aromatic carbocycles. The van der Waals surface area contributed by atoms with Crippen LogP contribution in [-0.4, -0.2) is 27.2 Å². The Morgan fingerprint density at radius 3 is 2.64 bits per heavy atom. The van der Waals surface area contributed by atoms with Crippen molar-refractivity contribution in [3.63, 3.8) is 0 Å². The van der Waals surface area contributed by atoms with Crippen LogP contribution >= 0.6 is 0 Å². The van der Waals surface area contributed by atoms with Gasteiger partial charge in [-0.25, -0.2) is 0 Å². The van der Waals surface area contributed by atoms with E-state index in [-0.39, 0.29) is 0 Å². The molecule has 2 N–H and O–H groups in total. The highest BCUT2D eigenvalue weighted by atomic mass is 15.5. The topological polar surface area (TPSA) is 66.5 Å². The number of H-pyrrole nitrogens is 1. The molecule has 1 aromatic heterocycles. The molecule has 80 valence electrons. The van der Waals surface area contributed by atoms with Gasteiger partial charge in [0.25, 0.3) is 5.95 Å². The highest BCUT2D eigenvalue weighted by Gasteiger charge is 1.94. The molecular weight excluding hydrogens is 178 g/mol. The van der Waals surface area contributed by atoms with Crippen molar-refractivity contribution in [1.82, 2.24) is 20.6 Å². The van der Waals surface area contributed by atoms with Gasteiger partial charge in [-0.3, -0.25) is 0 Å². The highest BCUT2D eigenvalue weighted by Crippen LogP contribution is 2.04. The fraction of sp³-hybridized carbons (Fsp3) is 0.889. The molecule has 0 radical (unpaired) electrons. The lowest BCUT2D eigenvalue weighted by molar-refractivity contribution is 0.616. The fourth-order valence-corrected chi connectivity index (χ4v) is 1.34. The zero-order chi connectivity index (χ0) is 10.1. The van der Waals surface area contributed by atoms with Gasteiger partial charge in [0.15, 0.2) is 0 Å². The monoisotopic (exact) mass is 197 g/mol. The molecule has 5 nitrogen and oxygen atoms in total. The van der Waals surface area contributed by atoms with E-state index in [1.807, 2.05) is 0 Å². The van der Waals surface area contributed by atoms with Gasteiger partial charge < -0.3 is 5.32 Å². The molecule has 0 aliphatic heterocycles. The average molecular weight is 197 g/mol. The van der Waals surface area contributed by atoms with E-state index in [9.17, 15) is 0 Å². The van der Waals surface area contributed by atoms with Gasteiger partial charge in [-0.15, -0.1) is 5.10 Å². The Kier molecular flexibility index (Phi) is 5.70. The lowest BCUT2D eigenvalue weighted by Gasteiger charge is -2.01. The molecule has 0 atom stereocenters. The van der Waals surface area contributed by atoms with Crippen LogP contribution in [0.5, 0.6) is 0 Å². The summed E-state index contributed by atoms with van der Waals surface area (Å²) in [7, 11) is 0. The van der Waals surface area contributed by atoms with Crippen LogP contribution < -0.4 is 5.32 Å². The third-order valence-corrected chi connectivity index (χ3v) is 2.16. The number of aromatic nitrogens is 4. The van der Waals surface area contributed by atoms with Gasteiger partial charge in [0.2, 0.25) is 0 Å². The van der Waals surface area contributed by atoms with E-state index in [4.69, 9.17) is 0 Å². The largest absolute Gasteiger partial charge is 0.352 e. The predicted molar refractivity (Wildman–Crippen MR) is 56.0 cm³/mol. The van der Waals surface area contributed by atoms with E-state index < -0.39 is 0 Å². The summed E-state index contributed by atoms with van der Waals surface area (Å²) in [5, 5.41) is 16.6. The number of anilines is 1. The Morgan fingerprint density at radius 1 is 1.14 bits per heavy atom. The van der Waals surface area contributed by atoms with Gasteiger partial charge in [0.05, 0.1) is 0 Å². The van der Waals surface area contributed by atoms with Gasteiger partial charge in [0.1, 0.15) is 0 Å². The van der Waals surface area contributed by atoms with Crippen molar-refractivity contribution < 1.29 is 0 Å². The Hall–Kier alpha value is -1.13. The summed E-state index contributed by atoms with van der Waals surface area (Å²) >= 11 is 0. The van der Waals surface area contributed by atoms with Crippen LogP contribution in [0.4, 0.5) is 5.95 Å². The summed E-state index contributed by atoms with van der Waals surface area (Å²) in [6.07, 6.45) is 7.82. The van der Waals surface area contributed by atoms with E-state index in [1.165, 1.54) is 38.5 Å². The van der Waals surface area contributed by atoms with Crippen LogP contribution in [0.1, 0.15) is 45.4 Å². The normalized spacial score (nSPS) is 10.4. The molecule has 1 aromatic rings. The summed E-state index contributed by atoms with van der Waals surface area (Å²) in [6, 6.07) is 0. The fourth-order valence-electron chi connectivity index (χ4n) is 1.34. The van der Waals surface area contributed by atoms with E-state index in [0.29, 0.717) is 5.95 Å². The van der Waals surface area contributed by atoms with E-state index >= 15 is 0 Å². The van der Waals surface area contributed by atoms with Crippen LogP contribution in [-0.2, 0) is 0 Å². The zero-order valence-electron chi connectivity index (χ0n) is 8.79. The third kappa shape index (κ3) is 4.79. The molecule has 0 bridgehead atoms. The number of nitrogens with one attached hydrogen (secondary N) is 2. The van der Waals surface area contributed by atoms with Gasteiger partial charge in [-0.05, 0) is 11.6 Å². The molecule has 14 heavy (non-hydrogen) atoms. The smallest absolute Gasteiger partial charge is 0.263 e. The highest BCUT2D eigenvalue weighted by molar-refractivity contribution is 5.17. The van der Waals surface area contributed by atoms with Crippen LogP contribution in [0.25, 0.3) is 0 Å². The number of unbranched alkanes of at least 4 members (excludes halogenated alkanes) is 5. The van der Waals surface area contributed by atoms with Crippen LogP contribution in [0, 0.1) is 0 Å². The first-order chi connectivity index (χ1) is 6.93. The minimum absolute atomic E-state index is 0.596. The van der Waals surface area contributed by atoms with Crippen LogP contribution in [0.2, 0.25) is 0 Å². The van der Waals surface area contributed by atoms with Crippen molar-refractivity contribution in [2.75, 3.05) is 11.9 Å². The van der Waals surface area contributed by atoms with Gasteiger partial charge in [-0.1, -0.05) is 44.1 Å². The molecule has 1 rings (SSSR count). The predicted octanol–water partition coefficient (Wildman–Crippen LogP) is 1.97. The lowest BCUT2D eigenvalue weighted by atomic mass is 10.1. The van der Waals surface area contributed by atoms with Crippen LogP contribution in [0.15, 0.2) is 0 Å². The average Bonchev–Trinajstić information content (AvgIpc) is 2.69. The van der Waals surface area contributed by atoms with E-state index in [1.54, 1.807) is 0 Å². The van der Waals surface area contributed by atoms with Crippen LogP contribution in [0.3, 0.4) is 0 Å². The maximum absolute atomic E-state index is 3.81. The summed E-state index contributed by atoms with van der Waals surface area (Å²) in [5.74, 6) is 0.596. The van der Waals surface area contributed by atoms with E-state index in [2.05, 4.69) is 32.9 Å². The Morgan fingerprint density at radius 2 is 1.93 bits per heavy atom. The number of nitrogens with zero attached hydrogens (tertiary/aromatic N) is 3. The maximum Gasteiger partial charge on any atom is 0.263 e.